The van der Waals surface area contributed by atoms with Crippen molar-refractivity contribution < 1.29 is 8.83 Å². The van der Waals surface area contributed by atoms with Crippen molar-refractivity contribution in [2.24, 2.45) is 0 Å². The molecule has 0 aliphatic carbocycles. The Balaban J connectivity index is 0.000000132. The van der Waals surface area contributed by atoms with E-state index in [1.54, 1.807) is 0 Å². The highest BCUT2D eigenvalue weighted by atomic mass is 16.3. The predicted octanol–water partition coefficient (Wildman–Crippen LogP) is 22.2. The van der Waals surface area contributed by atoms with E-state index >= 15 is 0 Å². The molecule has 6 heterocycles. The summed E-state index contributed by atoms with van der Waals surface area (Å²) >= 11 is 0. The first-order valence-corrected chi connectivity index (χ1v) is 31.0. The average Bonchev–Trinajstić information content (AvgIpc) is 1.54. The lowest BCUT2D eigenvalue weighted by molar-refractivity contribution is 0.672. The van der Waals surface area contributed by atoms with E-state index in [1.807, 2.05) is 30.3 Å². The second kappa shape index (κ2) is 20.5. The summed E-state index contributed by atoms with van der Waals surface area (Å²) in [4.78, 5) is 21.2. The number of benzene rings is 14. The molecular formula is C84H50N6O2. The second-order valence-electron chi connectivity index (χ2n) is 23.5. The minimum absolute atomic E-state index is 0.641. The van der Waals surface area contributed by atoms with Gasteiger partial charge in [-0.2, -0.15) is 0 Å². The Kier molecular flexibility index (Phi) is 11.5. The number of hydrogen-bond donors (Lipinski definition) is 0. The molecule has 0 fully saturated rings. The fraction of sp³-hybridized carbons (Fsp3) is 0. The van der Waals surface area contributed by atoms with Gasteiger partial charge >= 0.3 is 0 Å². The van der Waals surface area contributed by atoms with Gasteiger partial charge in [0, 0.05) is 86.5 Å². The summed E-state index contributed by atoms with van der Waals surface area (Å²) in [7, 11) is 0. The Morgan fingerprint density at radius 3 is 1.13 bits per heavy atom. The number of aromatic nitrogens is 6. The van der Waals surface area contributed by atoms with Crippen LogP contribution >= 0.6 is 0 Å². The molecule has 0 spiro atoms. The molecule has 428 valence electrons. The lowest BCUT2D eigenvalue weighted by Crippen LogP contribution is -2.03. The molecule has 8 nitrogen and oxygen atoms in total. The van der Waals surface area contributed by atoms with Crippen LogP contribution in [0.5, 0.6) is 0 Å². The van der Waals surface area contributed by atoms with Gasteiger partial charge in [0.15, 0.2) is 0 Å². The first kappa shape index (κ1) is 51.5. The summed E-state index contributed by atoms with van der Waals surface area (Å²) in [6.07, 6.45) is 0. The maximum Gasteiger partial charge on any atom is 0.235 e. The van der Waals surface area contributed by atoms with Gasteiger partial charge in [-0.3, -0.25) is 9.13 Å². The topological polar surface area (TPSA) is 87.7 Å². The third-order valence-corrected chi connectivity index (χ3v) is 18.4. The fourth-order valence-corrected chi connectivity index (χ4v) is 14.3. The lowest BCUT2D eigenvalue weighted by Gasteiger charge is -2.13. The minimum Gasteiger partial charge on any atom is -0.455 e. The molecule has 20 rings (SSSR count). The van der Waals surface area contributed by atoms with Crippen LogP contribution in [0, 0.1) is 0 Å². The summed E-state index contributed by atoms with van der Waals surface area (Å²) in [5, 5.41) is 15.4. The van der Waals surface area contributed by atoms with Crippen molar-refractivity contribution >= 4 is 131 Å². The van der Waals surface area contributed by atoms with E-state index in [-0.39, 0.29) is 0 Å². The van der Waals surface area contributed by atoms with Crippen LogP contribution in [0.15, 0.2) is 312 Å². The van der Waals surface area contributed by atoms with Gasteiger partial charge < -0.3 is 8.83 Å². The van der Waals surface area contributed by atoms with Crippen molar-refractivity contribution in [1.82, 2.24) is 29.1 Å². The van der Waals surface area contributed by atoms with E-state index in [0.29, 0.717) is 11.9 Å². The maximum atomic E-state index is 6.72. The summed E-state index contributed by atoms with van der Waals surface area (Å²) in [6, 6.07) is 106. The number of hydrogen-bond acceptors (Lipinski definition) is 6. The molecule has 92 heavy (non-hydrogen) atoms. The van der Waals surface area contributed by atoms with E-state index < -0.39 is 0 Å². The van der Waals surface area contributed by atoms with Crippen LogP contribution in [0.3, 0.4) is 0 Å². The van der Waals surface area contributed by atoms with Gasteiger partial charge in [-0.05, 0) is 70.8 Å². The van der Waals surface area contributed by atoms with Gasteiger partial charge in [0.25, 0.3) is 0 Å². The Morgan fingerprint density at radius 1 is 0.228 bits per heavy atom. The second-order valence-corrected chi connectivity index (χ2v) is 23.5. The van der Waals surface area contributed by atoms with Crippen LogP contribution < -0.4 is 0 Å². The molecule has 0 aliphatic heterocycles. The average molecular weight is 1180 g/mol. The van der Waals surface area contributed by atoms with Crippen LogP contribution in [0.1, 0.15) is 0 Å². The normalized spacial score (nSPS) is 11.9. The summed E-state index contributed by atoms with van der Waals surface area (Å²) in [6.45, 7) is 0. The summed E-state index contributed by atoms with van der Waals surface area (Å²) < 4.78 is 17.9. The largest absolute Gasteiger partial charge is 0.455 e. The van der Waals surface area contributed by atoms with Crippen molar-refractivity contribution in [3.63, 3.8) is 0 Å². The fourth-order valence-electron chi connectivity index (χ4n) is 14.3. The zero-order chi connectivity index (χ0) is 60.4. The highest BCUT2D eigenvalue weighted by Gasteiger charge is 2.27. The number of nitrogens with zero attached hydrogens (tertiary/aromatic N) is 6. The molecular weight excluding hydrogens is 1120 g/mol. The van der Waals surface area contributed by atoms with Crippen molar-refractivity contribution in [2.45, 2.75) is 0 Å². The Labute approximate surface area is 525 Å². The molecule has 0 aliphatic rings. The maximum absolute atomic E-state index is 6.72. The molecule has 0 saturated heterocycles. The van der Waals surface area contributed by atoms with E-state index in [0.717, 1.165) is 164 Å². The smallest absolute Gasteiger partial charge is 0.235 e. The van der Waals surface area contributed by atoms with Gasteiger partial charge in [0.05, 0.1) is 44.5 Å². The van der Waals surface area contributed by atoms with Crippen molar-refractivity contribution in [3.8, 4) is 56.7 Å². The lowest BCUT2D eigenvalue weighted by atomic mass is 9.97. The van der Waals surface area contributed by atoms with Crippen LogP contribution in [0.4, 0.5) is 0 Å². The molecule has 0 N–H and O–H groups in total. The Morgan fingerprint density at radius 2 is 0.598 bits per heavy atom. The van der Waals surface area contributed by atoms with E-state index in [4.69, 9.17) is 28.8 Å². The molecule has 0 saturated carbocycles. The Hall–Kier alpha value is -12.5. The molecule has 6 aromatic heterocycles. The molecule has 0 unspecified atom stereocenters. The predicted molar refractivity (Wildman–Crippen MR) is 379 cm³/mol. The van der Waals surface area contributed by atoms with Crippen molar-refractivity contribution in [3.05, 3.63) is 303 Å². The number of para-hydroxylation sites is 4. The Bertz CT molecular complexity index is 6370. The first-order chi connectivity index (χ1) is 45.7. The quantitative estimate of drug-likeness (QED) is 0.165. The summed E-state index contributed by atoms with van der Waals surface area (Å²) in [5.41, 5.74) is 18.2. The SMILES string of the molecule is c1ccc(-c2ccc3c(c2)c2c4c5ccccc5oc4c4ccccc4c2n3-c2nc(-c3ccccc3)c3ccccc3n2)cc1.c1ccc(-c2ccc3oc4c5ccccc5c5c(c6ccccc6n5-c5nc(-c6ccccc6)c6ccccc6n5)c4c3c2)cc1. The van der Waals surface area contributed by atoms with E-state index in [9.17, 15) is 0 Å². The van der Waals surface area contributed by atoms with Gasteiger partial charge in [0.1, 0.15) is 22.3 Å². The molecule has 0 radical (unpaired) electrons. The van der Waals surface area contributed by atoms with Gasteiger partial charge in [-0.25, -0.2) is 19.9 Å². The molecule has 14 aromatic carbocycles. The van der Waals surface area contributed by atoms with Crippen molar-refractivity contribution in [2.75, 3.05) is 0 Å². The monoisotopic (exact) mass is 1170 g/mol. The van der Waals surface area contributed by atoms with Gasteiger partial charge in [-0.1, -0.05) is 255 Å². The van der Waals surface area contributed by atoms with E-state index in [2.05, 4.69) is 282 Å². The van der Waals surface area contributed by atoms with Crippen LogP contribution in [-0.2, 0) is 0 Å². The molecule has 0 amide bonds. The van der Waals surface area contributed by atoms with Crippen LogP contribution in [0.2, 0.25) is 0 Å². The molecule has 0 bridgehead atoms. The highest BCUT2D eigenvalue weighted by molar-refractivity contribution is 6.37. The first-order valence-electron chi connectivity index (χ1n) is 31.0. The van der Waals surface area contributed by atoms with Crippen molar-refractivity contribution in [1.29, 1.82) is 0 Å². The molecule has 0 atom stereocenters. The number of rotatable bonds is 6. The molecule has 20 aromatic rings. The van der Waals surface area contributed by atoms with E-state index in [1.165, 1.54) is 11.1 Å². The highest BCUT2D eigenvalue weighted by Crippen LogP contribution is 2.49. The zero-order valence-electron chi connectivity index (χ0n) is 49.4. The molecule has 8 heteroatoms. The third kappa shape index (κ3) is 7.90. The zero-order valence-corrected chi connectivity index (χ0v) is 49.4. The van der Waals surface area contributed by atoms with Gasteiger partial charge in [-0.15, -0.1) is 0 Å². The number of furan rings is 2. The van der Waals surface area contributed by atoms with Crippen LogP contribution in [-0.4, -0.2) is 29.1 Å². The van der Waals surface area contributed by atoms with Crippen LogP contribution in [0.25, 0.3) is 188 Å². The number of fused-ring (bicyclic) bond motifs is 22. The third-order valence-electron chi connectivity index (χ3n) is 18.4. The summed E-state index contributed by atoms with van der Waals surface area (Å²) in [5.74, 6) is 1.29. The minimum atomic E-state index is 0.641. The standard InChI is InChI=1S/2C42H25N3O/c1-3-13-26(14-4-1)28-23-24-35-33(25-28)37-38-32-20-10-12-22-36(32)46-41(38)30-18-8-7-17-29(30)40(37)45(35)42-43-34-21-11-9-19-31(34)39(44-42)27-15-5-2-6-16-27;1-3-13-26(14-4-1)28-23-24-36-33(25-28)38-37-32-20-10-12-22-35(32)45(40(37)29-17-7-8-18-30(29)41(38)46-36)42-43-34-21-11-9-19-31(34)39(44-42)27-15-5-2-6-16-27/h2*1-25H. The van der Waals surface area contributed by atoms with Gasteiger partial charge in [0.2, 0.25) is 11.9 Å².